The van der Waals surface area contributed by atoms with Crippen molar-refractivity contribution in [3.63, 3.8) is 0 Å². The van der Waals surface area contributed by atoms with E-state index in [9.17, 15) is 4.79 Å². The molecule has 1 unspecified atom stereocenters. The van der Waals surface area contributed by atoms with Crippen LogP contribution in [-0.4, -0.2) is 51.6 Å². The van der Waals surface area contributed by atoms with Crippen LogP contribution < -0.4 is 5.32 Å². The Balaban J connectivity index is 1.48. The summed E-state index contributed by atoms with van der Waals surface area (Å²) < 4.78 is 2.05. The predicted molar refractivity (Wildman–Crippen MR) is 108 cm³/mol. The van der Waals surface area contributed by atoms with Gasteiger partial charge in [0.25, 0.3) is 0 Å². The summed E-state index contributed by atoms with van der Waals surface area (Å²) >= 11 is 0. The molecule has 1 aliphatic heterocycles. The van der Waals surface area contributed by atoms with Crippen molar-refractivity contribution in [3.05, 3.63) is 53.6 Å². The number of piperazine rings is 1. The van der Waals surface area contributed by atoms with Crippen LogP contribution in [0.1, 0.15) is 49.7 Å². The second kappa shape index (κ2) is 8.57. The minimum Gasteiger partial charge on any atom is -0.337 e. The number of aryl methyl sites for hydroxylation is 1. The number of benzene rings is 1. The predicted octanol–water partition coefficient (Wildman–Crippen LogP) is 3.13. The van der Waals surface area contributed by atoms with Gasteiger partial charge in [0.15, 0.2) is 0 Å². The maximum absolute atomic E-state index is 12.6. The van der Waals surface area contributed by atoms with Gasteiger partial charge in [0, 0.05) is 45.6 Å². The highest BCUT2D eigenvalue weighted by atomic mass is 16.2. The summed E-state index contributed by atoms with van der Waals surface area (Å²) in [7, 11) is 2.01. The van der Waals surface area contributed by atoms with Crippen molar-refractivity contribution in [1.29, 1.82) is 0 Å². The van der Waals surface area contributed by atoms with Crippen LogP contribution in [0.25, 0.3) is 0 Å². The molecule has 6 nitrogen and oxygen atoms in total. The monoisotopic (exact) mass is 369 g/mol. The van der Waals surface area contributed by atoms with Gasteiger partial charge in [-0.05, 0) is 24.0 Å². The summed E-state index contributed by atoms with van der Waals surface area (Å²) in [5, 5.41) is 3.14. The van der Waals surface area contributed by atoms with Gasteiger partial charge < -0.3 is 14.8 Å². The highest BCUT2D eigenvalue weighted by Crippen LogP contribution is 2.19. The van der Waals surface area contributed by atoms with Crippen LogP contribution in [0.4, 0.5) is 4.79 Å². The average molecular weight is 370 g/mol. The molecule has 0 bridgehead atoms. The molecule has 1 atom stereocenters. The molecule has 1 aromatic heterocycles. The quantitative estimate of drug-likeness (QED) is 0.881. The third kappa shape index (κ3) is 4.89. The van der Waals surface area contributed by atoms with Crippen molar-refractivity contribution in [2.45, 2.75) is 39.3 Å². The van der Waals surface area contributed by atoms with Crippen LogP contribution in [0.15, 0.2) is 36.7 Å². The maximum Gasteiger partial charge on any atom is 0.317 e. The number of imidazole rings is 1. The van der Waals surface area contributed by atoms with E-state index in [0.29, 0.717) is 5.92 Å². The molecular weight excluding hydrogens is 338 g/mol. The molecule has 3 rings (SSSR count). The number of urea groups is 1. The van der Waals surface area contributed by atoms with E-state index in [4.69, 9.17) is 0 Å². The first-order chi connectivity index (χ1) is 12.9. The van der Waals surface area contributed by atoms with E-state index in [1.807, 2.05) is 35.8 Å². The second-order valence-corrected chi connectivity index (χ2v) is 7.71. The molecule has 1 aromatic carbocycles. The minimum atomic E-state index is 0.00399. The van der Waals surface area contributed by atoms with Gasteiger partial charge in [-0.3, -0.25) is 4.90 Å². The fourth-order valence-electron chi connectivity index (χ4n) is 3.39. The number of carbonyl (C=O) groups excluding carboxylic acids is 1. The fraction of sp³-hybridized carbons (Fsp3) is 0.524. The highest BCUT2D eigenvalue weighted by molar-refractivity contribution is 5.74. The highest BCUT2D eigenvalue weighted by Gasteiger charge is 2.23. The Hall–Kier alpha value is -2.34. The second-order valence-electron chi connectivity index (χ2n) is 7.71. The molecule has 0 spiro atoms. The number of nitrogens with one attached hydrogen (secondary N) is 1. The smallest absolute Gasteiger partial charge is 0.317 e. The van der Waals surface area contributed by atoms with Gasteiger partial charge in [0.05, 0.1) is 12.6 Å². The van der Waals surface area contributed by atoms with E-state index < -0.39 is 0 Å². The lowest BCUT2D eigenvalue weighted by Gasteiger charge is -2.35. The summed E-state index contributed by atoms with van der Waals surface area (Å²) in [6, 6.07) is 8.56. The van der Waals surface area contributed by atoms with E-state index in [1.54, 1.807) is 0 Å². The number of aromatic nitrogens is 2. The van der Waals surface area contributed by atoms with Crippen molar-refractivity contribution in [2.75, 3.05) is 26.2 Å². The standard InChI is InChI=1S/C21H31N5O/c1-16(2)18-5-7-19(8-6-18)17(3)23-21(27)26-13-11-25(12-14-26)15-20-22-9-10-24(20)4/h5-10,16-17H,11-15H2,1-4H3,(H,23,27). The van der Waals surface area contributed by atoms with Crippen molar-refractivity contribution in [3.8, 4) is 0 Å². The topological polar surface area (TPSA) is 53.4 Å². The first-order valence-corrected chi connectivity index (χ1v) is 9.78. The van der Waals surface area contributed by atoms with E-state index in [-0.39, 0.29) is 12.1 Å². The van der Waals surface area contributed by atoms with Gasteiger partial charge >= 0.3 is 6.03 Å². The number of rotatable bonds is 5. The fourth-order valence-corrected chi connectivity index (χ4v) is 3.39. The molecule has 146 valence electrons. The summed E-state index contributed by atoms with van der Waals surface area (Å²) in [5.41, 5.74) is 2.46. The molecule has 0 aliphatic carbocycles. The van der Waals surface area contributed by atoms with Crippen LogP contribution in [0.2, 0.25) is 0 Å². The molecule has 0 saturated carbocycles. The molecule has 2 amide bonds. The number of hydrogen-bond donors (Lipinski definition) is 1. The van der Waals surface area contributed by atoms with E-state index in [1.165, 1.54) is 5.56 Å². The zero-order valence-electron chi connectivity index (χ0n) is 16.9. The van der Waals surface area contributed by atoms with Crippen LogP contribution in [0.3, 0.4) is 0 Å². The SMILES string of the molecule is CC(C)c1ccc(C(C)NC(=O)N2CCN(Cc3nccn3C)CC2)cc1. The Bertz CT molecular complexity index is 744. The molecular formula is C21H31N5O. The van der Waals surface area contributed by atoms with E-state index >= 15 is 0 Å². The zero-order chi connectivity index (χ0) is 19.4. The Morgan fingerprint density at radius 1 is 1.07 bits per heavy atom. The van der Waals surface area contributed by atoms with Gasteiger partial charge in [-0.25, -0.2) is 9.78 Å². The van der Waals surface area contributed by atoms with Gasteiger partial charge in [0.1, 0.15) is 5.82 Å². The summed E-state index contributed by atoms with van der Waals surface area (Å²) in [5.74, 6) is 1.58. The van der Waals surface area contributed by atoms with Gasteiger partial charge in [0.2, 0.25) is 0 Å². The van der Waals surface area contributed by atoms with Gasteiger partial charge in [-0.1, -0.05) is 38.1 Å². The van der Waals surface area contributed by atoms with Gasteiger partial charge in [-0.2, -0.15) is 0 Å². The minimum absolute atomic E-state index is 0.00399. The normalized spacial score (nSPS) is 16.6. The Labute approximate surface area is 162 Å². The molecule has 1 fully saturated rings. The molecule has 2 heterocycles. The molecule has 0 radical (unpaired) electrons. The number of hydrogen-bond acceptors (Lipinski definition) is 3. The molecule has 1 saturated heterocycles. The zero-order valence-corrected chi connectivity index (χ0v) is 16.9. The number of nitrogens with zero attached hydrogens (tertiary/aromatic N) is 4. The molecule has 27 heavy (non-hydrogen) atoms. The molecule has 2 aromatic rings. The first kappa shape index (κ1) is 19.4. The summed E-state index contributed by atoms with van der Waals surface area (Å²) in [6.07, 6.45) is 3.79. The lowest BCUT2D eigenvalue weighted by atomic mass is 10.00. The van der Waals surface area contributed by atoms with Gasteiger partial charge in [-0.15, -0.1) is 0 Å². The Morgan fingerprint density at radius 2 is 1.70 bits per heavy atom. The lowest BCUT2D eigenvalue weighted by molar-refractivity contribution is 0.131. The van der Waals surface area contributed by atoms with Crippen LogP contribution in [0, 0.1) is 0 Å². The van der Waals surface area contributed by atoms with Crippen LogP contribution in [0.5, 0.6) is 0 Å². The number of carbonyl (C=O) groups is 1. The number of amides is 2. The summed E-state index contributed by atoms with van der Waals surface area (Å²) in [4.78, 5) is 21.3. The average Bonchev–Trinajstić information content (AvgIpc) is 3.07. The third-order valence-corrected chi connectivity index (χ3v) is 5.39. The largest absolute Gasteiger partial charge is 0.337 e. The molecule has 6 heteroatoms. The van der Waals surface area contributed by atoms with Crippen molar-refractivity contribution >= 4 is 6.03 Å². The third-order valence-electron chi connectivity index (χ3n) is 5.39. The van der Waals surface area contributed by atoms with Crippen molar-refractivity contribution in [2.24, 2.45) is 7.05 Å². The first-order valence-electron chi connectivity index (χ1n) is 9.78. The van der Waals surface area contributed by atoms with Crippen molar-refractivity contribution in [1.82, 2.24) is 24.7 Å². The van der Waals surface area contributed by atoms with E-state index in [2.05, 4.69) is 53.3 Å². The Kier molecular flexibility index (Phi) is 6.16. The van der Waals surface area contributed by atoms with Crippen LogP contribution >= 0.6 is 0 Å². The molecule has 1 N–H and O–H groups in total. The van der Waals surface area contributed by atoms with Crippen molar-refractivity contribution < 1.29 is 4.79 Å². The molecule has 1 aliphatic rings. The lowest BCUT2D eigenvalue weighted by Crippen LogP contribution is -2.51. The van der Waals surface area contributed by atoms with Crippen LogP contribution in [-0.2, 0) is 13.6 Å². The summed E-state index contributed by atoms with van der Waals surface area (Å²) in [6.45, 7) is 10.5. The van der Waals surface area contributed by atoms with E-state index in [0.717, 1.165) is 44.1 Å². The maximum atomic E-state index is 12.6. The Morgan fingerprint density at radius 3 is 2.26 bits per heavy atom.